The van der Waals surface area contributed by atoms with Crippen molar-refractivity contribution in [2.75, 3.05) is 26.2 Å². The zero-order valence-corrected chi connectivity index (χ0v) is 20.9. The van der Waals surface area contributed by atoms with Gasteiger partial charge in [0.25, 0.3) is 5.91 Å². The normalized spacial score (nSPS) is 25.0. The summed E-state index contributed by atoms with van der Waals surface area (Å²) in [6.07, 6.45) is 4.13. The third-order valence-electron chi connectivity index (χ3n) is 7.05. The number of ether oxygens (including phenoxy) is 1. The SMILES string of the molecule is O=C1NC(N2CCN(C(=O)c3ccc(OCc4cccc(Cl)n4)c(Cl)c3)CC2)NC2CCCCC12. The fraction of sp³-hybridized carbons (Fsp3) is 0.480. The van der Waals surface area contributed by atoms with Crippen molar-refractivity contribution in [1.29, 1.82) is 0 Å². The third-order valence-corrected chi connectivity index (χ3v) is 7.55. The van der Waals surface area contributed by atoms with Crippen molar-refractivity contribution in [1.82, 2.24) is 25.4 Å². The maximum absolute atomic E-state index is 13.1. The Kier molecular flexibility index (Phi) is 7.43. The van der Waals surface area contributed by atoms with Gasteiger partial charge in [-0.2, -0.15) is 0 Å². The molecule has 1 aromatic carbocycles. The lowest BCUT2D eigenvalue weighted by molar-refractivity contribution is -0.134. The highest BCUT2D eigenvalue weighted by Gasteiger charge is 2.40. The monoisotopic (exact) mass is 517 g/mol. The number of carbonyl (C=O) groups excluding carboxylic acids is 2. The zero-order valence-electron chi connectivity index (χ0n) is 19.4. The van der Waals surface area contributed by atoms with Crippen molar-refractivity contribution < 1.29 is 14.3 Å². The van der Waals surface area contributed by atoms with Gasteiger partial charge in [-0.3, -0.25) is 19.8 Å². The summed E-state index contributed by atoms with van der Waals surface area (Å²) in [7, 11) is 0. The molecule has 3 fully saturated rings. The maximum atomic E-state index is 13.1. The molecule has 186 valence electrons. The van der Waals surface area contributed by atoms with Crippen LogP contribution in [0.4, 0.5) is 0 Å². The van der Waals surface area contributed by atoms with Gasteiger partial charge < -0.3 is 15.0 Å². The molecule has 2 N–H and O–H groups in total. The molecule has 2 saturated heterocycles. The average molecular weight is 518 g/mol. The highest BCUT2D eigenvalue weighted by atomic mass is 35.5. The average Bonchev–Trinajstić information content (AvgIpc) is 2.87. The van der Waals surface area contributed by atoms with E-state index in [9.17, 15) is 9.59 Å². The minimum Gasteiger partial charge on any atom is -0.486 e. The van der Waals surface area contributed by atoms with Crippen molar-refractivity contribution in [3.05, 3.63) is 57.8 Å². The summed E-state index contributed by atoms with van der Waals surface area (Å²) >= 11 is 12.3. The molecule has 2 aromatic rings. The van der Waals surface area contributed by atoms with Crippen LogP contribution in [0, 0.1) is 5.92 Å². The third kappa shape index (κ3) is 5.56. The van der Waals surface area contributed by atoms with Crippen molar-refractivity contribution in [2.24, 2.45) is 5.92 Å². The van der Waals surface area contributed by atoms with E-state index in [1.165, 1.54) is 6.42 Å². The molecule has 0 spiro atoms. The van der Waals surface area contributed by atoms with Crippen molar-refractivity contribution in [3.63, 3.8) is 0 Å². The number of pyridine rings is 1. The van der Waals surface area contributed by atoms with Gasteiger partial charge in [0.2, 0.25) is 5.91 Å². The maximum Gasteiger partial charge on any atom is 0.253 e. The molecule has 3 heterocycles. The minimum atomic E-state index is -0.168. The van der Waals surface area contributed by atoms with Crippen LogP contribution in [0.5, 0.6) is 5.75 Å². The molecule has 8 nitrogen and oxygen atoms in total. The van der Waals surface area contributed by atoms with E-state index >= 15 is 0 Å². The van der Waals surface area contributed by atoms with Gasteiger partial charge in [-0.25, -0.2) is 4.98 Å². The molecule has 0 radical (unpaired) electrons. The van der Waals surface area contributed by atoms with Gasteiger partial charge in [0.1, 0.15) is 23.8 Å². The predicted molar refractivity (Wildman–Crippen MR) is 133 cm³/mol. The number of aromatic nitrogens is 1. The van der Waals surface area contributed by atoms with Crippen molar-refractivity contribution in [3.8, 4) is 5.75 Å². The largest absolute Gasteiger partial charge is 0.486 e. The lowest BCUT2D eigenvalue weighted by Gasteiger charge is -2.46. The minimum absolute atomic E-state index is 0.0670. The van der Waals surface area contributed by atoms with Gasteiger partial charge in [0.05, 0.1) is 16.6 Å². The number of rotatable bonds is 5. The first-order valence-electron chi connectivity index (χ1n) is 12.1. The van der Waals surface area contributed by atoms with Gasteiger partial charge in [0, 0.05) is 37.8 Å². The van der Waals surface area contributed by atoms with Crippen LogP contribution < -0.4 is 15.4 Å². The lowest BCUT2D eigenvalue weighted by atomic mass is 9.82. The smallest absolute Gasteiger partial charge is 0.253 e. The molecule has 3 aliphatic rings. The van der Waals surface area contributed by atoms with E-state index in [1.54, 1.807) is 24.3 Å². The summed E-state index contributed by atoms with van der Waals surface area (Å²) in [4.78, 5) is 33.9. The fourth-order valence-corrected chi connectivity index (χ4v) is 5.54. The second-order valence-electron chi connectivity index (χ2n) is 9.29. The van der Waals surface area contributed by atoms with Crippen LogP contribution in [0.3, 0.4) is 0 Å². The summed E-state index contributed by atoms with van der Waals surface area (Å²) in [5.74, 6) is 0.652. The number of fused-ring (bicyclic) bond motifs is 1. The first-order valence-corrected chi connectivity index (χ1v) is 12.9. The van der Waals surface area contributed by atoms with Gasteiger partial charge >= 0.3 is 0 Å². The molecule has 1 aromatic heterocycles. The zero-order chi connectivity index (χ0) is 24.4. The molecule has 3 atom stereocenters. The Balaban J connectivity index is 1.15. The molecule has 2 amide bonds. The van der Waals surface area contributed by atoms with E-state index in [4.69, 9.17) is 27.9 Å². The summed E-state index contributed by atoms with van der Waals surface area (Å²) in [6, 6.07) is 10.7. The van der Waals surface area contributed by atoms with E-state index in [1.807, 2.05) is 17.0 Å². The van der Waals surface area contributed by atoms with Crippen LogP contribution in [-0.4, -0.2) is 65.1 Å². The molecule has 35 heavy (non-hydrogen) atoms. The van der Waals surface area contributed by atoms with Crippen LogP contribution in [0.2, 0.25) is 10.2 Å². The van der Waals surface area contributed by atoms with E-state index in [2.05, 4.69) is 20.5 Å². The molecule has 0 bridgehead atoms. The highest BCUT2D eigenvalue weighted by molar-refractivity contribution is 6.32. The summed E-state index contributed by atoms with van der Waals surface area (Å²) in [5.41, 5.74) is 1.21. The molecular weight excluding hydrogens is 489 g/mol. The van der Waals surface area contributed by atoms with Crippen LogP contribution in [-0.2, 0) is 11.4 Å². The summed E-state index contributed by atoms with van der Waals surface area (Å²) in [6.45, 7) is 2.75. The first kappa shape index (κ1) is 24.3. The van der Waals surface area contributed by atoms with E-state index in [0.717, 1.165) is 19.3 Å². The molecule has 1 aliphatic carbocycles. The predicted octanol–water partition coefficient (Wildman–Crippen LogP) is 3.29. The van der Waals surface area contributed by atoms with Gasteiger partial charge in [0.15, 0.2) is 0 Å². The Bertz CT molecular complexity index is 1090. The Hall–Kier alpha value is -2.39. The standard InChI is InChI=1S/C25H29Cl2N5O3/c26-19-14-16(8-9-21(19)35-15-17-4-3-7-22(27)28-17)24(34)31-10-12-32(13-11-31)25-29-20-6-2-1-5-18(20)23(33)30-25/h3-4,7-9,14,18,20,25,29H,1-2,5-6,10-13,15H2,(H,30,33). The second-order valence-corrected chi connectivity index (χ2v) is 10.1. The van der Waals surface area contributed by atoms with E-state index in [0.29, 0.717) is 53.4 Å². The number of hydrogen-bond donors (Lipinski definition) is 2. The number of nitrogens with zero attached hydrogens (tertiary/aromatic N) is 3. The topological polar surface area (TPSA) is 86.8 Å². The van der Waals surface area contributed by atoms with Crippen molar-refractivity contribution >= 4 is 35.0 Å². The van der Waals surface area contributed by atoms with Crippen LogP contribution in [0.25, 0.3) is 0 Å². The summed E-state index contributed by atoms with van der Waals surface area (Å²) in [5, 5.41) is 7.52. The van der Waals surface area contributed by atoms with Crippen LogP contribution in [0.1, 0.15) is 41.7 Å². The quantitative estimate of drug-likeness (QED) is 0.591. The number of hydrogen-bond acceptors (Lipinski definition) is 6. The van der Waals surface area contributed by atoms with Gasteiger partial charge in [-0.15, -0.1) is 0 Å². The van der Waals surface area contributed by atoms with E-state index < -0.39 is 0 Å². The molecule has 3 unspecified atom stereocenters. The molecule has 5 rings (SSSR count). The number of amides is 2. The van der Waals surface area contributed by atoms with E-state index in [-0.39, 0.29) is 36.7 Å². The Morgan fingerprint density at radius 3 is 2.66 bits per heavy atom. The summed E-state index contributed by atoms with van der Waals surface area (Å²) < 4.78 is 5.76. The Morgan fingerprint density at radius 1 is 1.09 bits per heavy atom. The fourth-order valence-electron chi connectivity index (χ4n) is 5.13. The second kappa shape index (κ2) is 10.7. The number of halogens is 2. The number of carbonyl (C=O) groups is 2. The van der Waals surface area contributed by atoms with Crippen LogP contribution in [0.15, 0.2) is 36.4 Å². The number of piperazine rings is 1. The van der Waals surface area contributed by atoms with Gasteiger partial charge in [-0.1, -0.05) is 42.1 Å². The molecule has 2 aliphatic heterocycles. The number of nitrogens with one attached hydrogen (secondary N) is 2. The van der Waals surface area contributed by atoms with Crippen molar-refractivity contribution in [2.45, 2.75) is 44.6 Å². The Morgan fingerprint density at radius 2 is 1.89 bits per heavy atom. The highest BCUT2D eigenvalue weighted by Crippen LogP contribution is 2.29. The Labute approximate surface area is 214 Å². The number of benzene rings is 1. The molecule has 10 heteroatoms. The first-order chi connectivity index (χ1) is 17.0. The molecular formula is C25H29Cl2N5O3. The van der Waals surface area contributed by atoms with Gasteiger partial charge in [-0.05, 0) is 43.2 Å². The van der Waals surface area contributed by atoms with Crippen LogP contribution >= 0.6 is 23.2 Å². The molecule has 1 saturated carbocycles. The lowest BCUT2D eigenvalue weighted by Crippen LogP contribution is -2.69.